The van der Waals surface area contributed by atoms with E-state index in [2.05, 4.69) is 0 Å². The zero-order valence-corrected chi connectivity index (χ0v) is 17.0. The smallest absolute Gasteiger partial charge is 0.389 e. The number of aryl methyl sites for hydroxylation is 1. The highest BCUT2D eigenvalue weighted by Crippen LogP contribution is 2.30. The Kier molecular flexibility index (Phi) is 6.48. The van der Waals surface area contributed by atoms with Crippen LogP contribution in [0.5, 0.6) is 11.5 Å². The van der Waals surface area contributed by atoms with Crippen LogP contribution in [0.2, 0.25) is 0 Å². The van der Waals surface area contributed by atoms with Gasteiger partial charge in [0.15, 0.2) is 5.78 Å². The van der Waals surface area contributed by atoms with Crippen molar-refractivity contribution in [2.45, 2.75) is 25.9 Å². The maximum absolute atomic E-state index is 14.7. The third-order valence-corrected chi connectivity index (χ3v) is 4.59. The number of hydrogen-bond acceptors (Lipinski definition) is 5. The Morgan fingerprint density at radius 3 is 2.45 bits per heavy atom. The number of nitriles is 1. The lowest BCUT2D eigenvalue weighted by Crippen LogP contribution is -2.35. The first-order chi connectivity index (χ1) is 15.5. The predicted molar refractivity (Wildman–Crippen MR) is 108 cm³/mol. The van der Waals surface area contributed by atoms with E-state index in [0.717, 1.165) is 12.1 Å². The Morgan fingerprint density at radius 2 is 1.85 bits per heavy atom. The van der Waals surface area contributed by atoms with Crippen LogP contribution in [0.25, 0.3) is 5.69 Å². The normalized spacial score (nSPS) is 11.2. The van der Waals surface area contributed by atoms with Crippen molar-refractivity contribution >= 4 is 5.78 Å². The van der Waals surface area contributed by atoms with Crippen molar-refractivity contribution < 1.29 is 27.1 Å². The zero-order chi connectivity index (χ0) is 24.3. The molecule has 0 amide bonds. The molecule has 0 aliphatic rings. The van der Waals surface area contributed by atoms with Crippen LogP contribution in [0.3, 0.4) is 0 Å². The zero-order valence-electron chi connectivity index (χ0n) is 17.0. The number of hydrogen-bond donors (Lipinski definition) is 1. The molecule has 33 heavy (non-hydrogen) atoms. The van der Waals surface area contributed by atoms with Gasteiger partial charge >= 0.3 is 11.9 Å². The lowest BCUT2D eigenvalue weighted by molar-refractivity contribution is -0.133. The molecule has 3 rings (SSSR count). The molecule has 11 heteroatoms. The summed E-state index contributed by atoms with van der Waals surface area (Å²) in [6.45, 7) is 1.73. The van der Waals surface area contributed by atoms with Crippen molar-refractivity contribution in [2.75, 3.05) is 0 Å². The fourth-order valence-electron chi connectivity index (χ4n) is 2.94. The lowest BCUT2D eigenvalue weighted by Gasteiger charge is -2.13. The number of aromatic nitrogens is 2. The minimum Gasteiger partial charge on any atom is -0.456 e. The summed E-state index contributed by atoms with van der Waals surface area (Å²) < 4.78 is 57.7. The number of carbonyl (C=O) groups is 1. The molecule has 1 aromatic heterocycles. The Hall–Kier alpha value is -4.20. The molecule has 0 radical (unpaired) electrons. The van der Waals surface area contributed by atoms with Gasteiger partial charge in [-0.3, -0.25) is 9.59 Å². The molecule has 2 aromatic carbocycles. The second kappa shape index (κ2) is 9.12. The number of aromatic amines is 1. The van der Waals surface area contributed by atoms with Crippen molar-refractivity contribution in [3.05, 3.63) is 85.9 Å². The van der Waals surface area contributed by atoms with E-state index in [4.69, 9.17) is 4.74 Å². The van der Waals surface area contributed by atoms with Gasteiger partial charge in [-0.1, -0.05) is 18.2 Å². The highest BCUT2D eigenvalue weighted by atomic mass is 19.4. The van der Waals surface area contributed by atoms with Gasteiger partial charge in [0.1, 0.15) is 23.4 Å². The Morgan fingerprint density at radius 1 is 1.15 bits per heavy atom. The Labute approximate surface area is 183 Å². The van der Waals surface area contributed by atoms with Crippen molar-refractivity contribution in [3.8, 4) is 23.3 Å². The summed E-state index contributed by atoms with van der Waals surface area (Å²) >= 11 is 0. The van der Waals surface area contributed by atoms with Crippen molar-refractivity contribution in [1.29, 1.82) is 5.26 Å². The van der Waals surface area contributed by atoms with Gasteiger partial charge in [-0.2, -0.15) is 18.4 Å². The largest absolute Gasteiger partial charge is 0.456 e. The SMILES string of the molecule is Cc1ccccc1Oc1cc(-n2c(=O)cc(C(=O)CCC(F)(F)F)[nH]c2=O)c(F)cc1C#N. The number of nitrogens with one attached hydrogen (secondary N) is 1. The van der Waals surface area contributed by atoms with Crippen LogP contribution in [-0.4, -0.2) is 21.5 Å². The first kappa shape index (κ1) is 23.5. The van der Waals surface area contributed by atoms with Crippen LogP contribution in [0.1, 0.15) is 34.5 Å². The lowest BCUT2D eigenvalue weighted by atomic mass is 10.1. The summed E-state index contributed by atoms with van der Waals surface area (Å²) in [5, 5.41) is 9.32. The van der Waals surface area contributed by atoms with Gasteiger partial charge in [0.2, 0.25) is 0 Å². The maximum Gasteiger partial charge on any atom is 0.389 e. The van der Waals surface area contributed by atoms with Crippen LogP contribution in [0.4, 0.5) is 17.6 Å². The summed E-state index contributed by atoms with van der Waals surface area (Å²) in [6.07, 6.45) is -6.99. The molecular weight excluding hydrogens is 446 g/mol. The van der Waals surface area contributed by atoms with Gasteiger partial charge < -0.3 is 9.72 Å². The number of carbonyl (C=O) groups excluding carboxylic acids is 1. The molecule has 0 spiro atoms. The summed E-state index contributed by atoms with van der Waals surface area (Å²) in [6, 6.07) is 10.9. The summed E-state index contributed by atoms with van der Waals surface area (Å²) in [5.74, 6) is -2.00. The fraction of sp³-hybridized carbons (Fsp3) is 0.182. The number of ether oxygens (including phenoxy) is 1. The number of alkyl halides is 3. The van der Waals surface area contributed by atoms with E-state index >= 15 is 0 Å². The second-order valence-electron chi connectivity index (χ2n) is 6.98. The van der Waals surface area contributed by atoms with Crippen LogP contribution < -0.4 is 16.0 Å². The molecule has 0 aliphatic carbocycles. The van der Waals surface area contributed by atoms with E-state index in [1.165, 1.54) is 0 Å². The summed E-state index contributed by atoms with van der Waals surface area (Å²) in [5.41, 5.74) is -3.11. The molecule has 0 bridgehead atoms. The van der Waals surface area contributed by atoms with Crippen molar-refractivity contribution in [1.82, 2.24) is 9.55 Å². The number of para-hydroxylation sites is 1. The summed E-state index contributed by atoms with van der Waals surface area (Å²) in [7, 11) is 0. The molecule has 1 N–H and O–H groups in total. The number of Topliss-reactive ketones (excluding diaryl/α,β-unsaturated/α-hetero) is 1. The molecule has 170 valence electrons. The van der Waals surface area contributed by atoms with Gasteiger partial charge in [0.25, 0.3) is 5.56 Å². The third-order valence-electron chi connectivity index (χ3n) is 4.59. The van der Waals surface area contributed by atoms with Crippen LogP contribution in [0, 0.1) is 24.1 Å². The minimum atomic E-state index is -4.59. The highest BCUT2D eigenvalue weighted by Gasteiger charge is 2.28. The number of nitrogens with zero attached hydrogens (tertiary/aromatic N) is 2. The minimum absolute atomic E-state index is 0.139. The molecule has 1 heterocycles. The molecule has 3 aromatic rings. The molecule has 0 fully saturated rings. The third kappa shape index (κ3) is 5.35. The van der Waals surface area contributed by atoms with Gasteiger partial charge in [0.05, 0.1) is 23.4 Å². The first-order valence-corrected chi connectivity index (χ1v) is 9.44. The van der Waals surface area contributed by atoms with Gasteiger partial charge in [-0.15, -0.1) is 0 Å². The standard InChI is InChI=1S/C22H15F4N3O4/c1-12-4-2-3-5-18(12)33-19-10-16(14(23)8-13(19)11-27)29-20(31)9-15(28-21(29)32)17(30)6-7-22(24,25)26/h2-5,8-10H,6-7H2,1H3,(H,28,32). The molecule has 0 unspecified atom stereocenters. The average molecular weight is 461 g/mol. The topological polar surface area (TPSA) is 105 Å². The van der Waals surface area contributed by atoms with Crippen molar-refractivity contribution in [3.63, 3.8) is 0 Å². The molecule has 0 aliphatic heterocycles. The van der Waals surface area contributed by atoms with Gasteiger partial charge in [-0.05, 0) is 24.6 Å². The van der Waals surface area contributed by atoms with E-state index in [9.17, 15) is 37.2 Å². The molecule has 0 saturated carbocycles. The predicted octanol–water partition coefficient (Wildman–Crippen LogP) is 4.16. The Balaban J connectivity index is 2.05. The van der Waals surface area contributed by atoms with E-state index in [-0.39, 0.29) is 11.3 Å². The van der Waals surface area contributed by atoms with E-state index in [1.54, 1.807) is 37.3 Å². The van der Waals surface area contributed by atoms with Gasteiger partial charge in [-0.25, -0.2) is 13.8 Å². The number of halogens is 4. The quantitative estimate of drug-likeness (QED) is 0.438. The fourth-order valence-corrected chi connectivity index (χ4v) is 2.94. The molecule has 0 saturated heterocycles. The van der Waals surface area contributed by atoms with Crippen molar-refractivity contribution in [2.24, 2.45) is 0 Å². The number of benzene rings is 2. The monoisotopic (exact) mass is 461 g/mol. The highest BCUT2D eigenvalue weighted by molar-refractivity contribution is 5.94. The average Bonchev–Trinajstić information content (AvgIpc) is 2.74. The number of ketones is 1. The molecular formula is C22H15F4N3O4. The number of rotatable bonds is 6. The first-order valence-electron chi connectivity index (χ1n) is 9.44. The van der Waals surface area contributed by atoms with Gasteiger partial charge in [0, 0.05) is 18.6 Å². The second-order valence-corrected chi connectivity index (χ2v) is 6.98. The number of H-pyrrole nitrogens is 1. The summed E-state index contributed by atoms with van der Waals surface area (Å²) in [4.78, 5) is 38.9. The maximum atomic E-state index is 14.7. The van der Waals surface area contributed by atoms with Crippen LogP contribution >= 0.6 is 0 Å². The Bertz CT molecular complexity index is 1350. The van der Waals surface area contributed by atoms with Crippen LogP contribution in [-0.2, 0) is 0 Å². The van der Waals surface area contributed by atoms with E-state index < -0.39 is 53.2 Å². The molecule has 0 atom stereocenters. The van der Waals surface area contributed by atoms with Crippen LogP contribution in [0.15, 0.2) is 52.1 Å². The van der Waals surface area contributed by atoms with E-state index in [0.29, 0.717) is 21.9 Å². The molecule has 7 nitrogen and oxygen atoms in total. The van der Waals surface area contributed by atoms with E-state index in [1.807, 2.05) is 4.98 Å².